The van der Waals surface area contributed by atoms with Crippen LogP contribution in [0.3, 0.4) is 0 Å². The van der Waals surface area contributed by atoms with E-state index in [1.807, 2.05) is 0 Å². The van der Waals surface area contributed by atoms with Gasteiger partial charge in [-0.3, -0.25) is 4.40 Å². The number of nitrogens with zero attached hydrogens (tertiary/aromatic N) is 3. The largest absolute Gasteiger partial charge is 0.309 e. The van der Waals surface area contributed by atoms with E-state index in [0.29, 0.717) is 0 Å². The van der Waals surface area contributed by atoms with Gasteiger partial charge in [-0.05, 0) is 75.8 Å². The van der Waals surface area contributed by atoms with Crippen molar-refractivity contribution in [2.75, 3.05) is 0 Å². The van der Waals surface area contributed by atoms with E-state index in [2.05, 4.69) is 209 Å². The normalized spacial score (nSPS) is 11.6. The van der Waals surface area contributed by atoms with Gasteiger partial charge < -0.3 is 4.57 Å². The third-order valence-electron chi connectivity index (χ3n) is 10.8. The Labute approximate surface area is 322 Å². The first kappa shape index (κ1) is 31.5. The van der Waals surface area contributed by atoms with E-state index >= 15 is 0 Å². The van der Waals surface area contributed by atoms with Crippen LogP contribution >= 0.6 is 11.3 Å². The number of imidazole rings is 1. The maximum absolute atomic E-state index is 5.45. The van der Waals surface area contributed by atoms with Gasteiger partial charge in [0, 0.05) is 27.6 Å². The number of para-hydroxylation sites is 2. The van der Waals surface area contributed by atoms with Gasteiger partial charge in [0.25, 0.3) is 0 Å². The summed E-state index contributed by atoms with van der Waals surface area (Å²) in [7, 11) is 0. The van der Waals surface area contributed by atoms with Crippen molar-refractivity contribution in [2.24, 2.45) is 0 Å². The van der Waals surface area contributed by atoms with Crippen LogP contribution in [-0.4, -0.2) is 14.0 Å². The molecular formula is C51H33N3S. The number of benzene rings is 8. The minimum atomic E-state index is 0.982. The van der Waals surface area contributed by atoms with Gasteiger partial charge in [0.15, 0.2) is 4.96 Å². The van der Waals surface area contributed by atoms with Crippen LogP contribution in [0.5, 0.6) is 0 Å². The van der Waals surface area contributed by atoms with Crippen molar-refractivity contribution in [3.63, 3.8) is 0 Å². The molecule has 0 aliphatic rings. The van der Waals surface area contributed by atoms with E-state index in [4.69, 9.17) is 4.98 Å². The highest BCUT2D eigenvalue weighted by atomic mass is 32.1. The first-order valence-electron chi connectivity index (χ1n) is 18.6. The standard InChI is InChI=1S/C51H33N3S/c1-4-12-34(13-5-1)36-20-22-38(23-21-36)40-29-31-48-47(33-40)54-50(39-26-24-37(25-27-39)35-14-6-2-7-15-35)49(52-51(54)55-48)41-28-30-46-44(32-41)43-18-10-11-19-45(43)53(46)42-16-8-3-9-17-42/h1-33H. The topological polar surface area (TPSA) is 22.2 Å². The summed E-state index contributed by atoms with van der Waals surface area (Å²) < 4.78 is 5.96. The summed E-state index contributed by atoms with van der Waals surface area (Å²) in [6, 6.07) is 72.0. The third kappa shape index (κ3) is 5.30. The van der Waals surface area contributed by atoms with Gasteiger partial charge in [-0.15, -0.1) is 0 Å². The van der Waals surface area contributed by atoms with Crippen molar-refractivity contribution in [2.45, 2.75) is 0 Å². The Hall–Kier alpha value is -7.01. The van der Waals surface area contributed by atoms with Gasteiger partial charge >= 0.3 is 0 Å². The lowest BCUT2D eigenvalue weighted by molar-refractivity contribution is 1.18. The zero-order valence-corrected chi connectivity index (χ0v) is 30.6. The molecule has 11 rings (SSSR count). The van der Waals surface area contributed by atoms with Gasteiger partial charge in [-0.25, -0.2) is 4.98 Å². The van der Waals surface area contributed by atoms with Crippen LogP contribution in [0.2, 0.25) is 0 Å². The second-order valence-corrected chi connectivity index (χ2v) is 15.0. The quantitative estimate of drug-likeness (QED) is 0.168. The van der Waals surface area contributed by atoms with Crippen molar-refractivity contribution in [3.8, 4) is 61.6 Å². The maximum atomic E-state index is 5.45. The van der Waals surface area contributed by atoms with Crippen LogP contribution in [0.25, 0.3) is 98.6 Å². The molecule has 0 saturated heterocycles. The van der Waals surface area contributed by atoms with Crippen LogP contribution < -0.4 is 0 Å². The molecule has 4 heteroatoms. The molecule has 8 aromatic carbocycles. The number of aromatic nitrogens is 3. The Morgan fingerprint density at radius 2 is 0.873 bits per heavy atom. The lowest BCUT2D eigenvalue weighted by Crippen LogP contribution is -1.93. The Bertz CT molecular complexity index is 3150. The van der Waals surface area contributed by atoms with Gasteiger partial charge in [0.1, 0.15) is 0 Å². The third-order valence-corrected chi connectivity index (χ3v) is 11.8. The zero-order valence-electron chi connectivity index (χ0n) is 29.8. The van der Waals surface area contributed by atoms with E-state index in [0.717, 1.165) is 38.7 Å². The molecule has 0 fully saturated rings. The summed E-state index contributed by atoms with van der Waals surface area (Å²) >= 11 is 1.74. The highest BCUT2D eigenvalue weighted by molar-refractivity contribution is 7.23. The minimum absolute atomic E-state index is 0.982. The second-order valence-electron chi connectivity index (χ2n) is 14.0. The van der Waals surface area contributed by atoms with E-state index in [9.17, 15) is 0 Å². The monoisotopic (exact) mass is 719 g/mol. The minimum Gasteiger partial charge on any atom is -0.309 e. The van der Waals surface area contributed by atoms with E-state index in [1.54, 1.807) is 11.3 Å². The molecule has 3 nitrogen and oxygen atoms in total. The van der Waals surface area contributed by atoms with Gasteiger partial charge in [-0.2, -0.15) is 0 Å². The SMILES string of the molecule is c1ccc(-c2ccc(-c3ccc4sc5nc(-c6ccc7c(c6)c6ccccc6n7-c6ccccc6)c(-c6ccc(-c7ccccc7)cc6)n5c4c3)cc2)cc1. The molecule has 0 radical (unpaired) electrons. The molecule has 0 bridgehead atoms. The van der Waals surface area contributed by atoms with Crippen LogP contribution in [-0.2, 0) is 0 Å². The molecule has 0 N–H and O–H groups in total. The van der Waals surface area contributed by atoms with Crippen molar-refractivity contribution in [1.82, 2.24) is 14.0 Å². The molecule has 0 aliphatic carbocycles. The molecule has 0 aliphatic heterocycles. The summed E-state index contributed by atoms with van der Waals surface area (Å²) in [5.74, 6) is 0. The predicted octanol–water partition coefficient (Wildman–Crippen LogP) is 14.0. The number of rotatable bonds is 6. The molecule has 3 heterocycles. The maximum Gasteiger partial charge on any atom is 0.195 e. The van der Waals surface area contributed by atoms with E-state index < -0.39 is 0 Å². The average molecular weight is 720 g/mol. The molecule has 3 aromatic heterocycles. The lowest BCUT2D eigenvalue weighted by Gasteiger charge is -2.10. The van der Waals surface area contributed by atoms with Crippen molar-refractivity contribution < 1.29 is 0 Å². The Morgan fingerprint density at radius 1 is 0.364 bits per heavy atom. The summed E-state index contributed by atoms with van der Waals surface area (Å²) in [4.78, 5) is 6.43. The Morgan fingerprint density at radius 3 is 1.55 bits per heavy atom. The molecular weight excluding hydrogens is 687 g/mol. The fraction of sp³-hybridized carbons (Fsp3) is 0. The highest BCUT2D eigenvalue weighted by Crippen LogP contribution is 2.42. The number of hydrogen-bond acceptors (Lipinski definition) is 2. The first-order valence-corrected chi connectivity index (χ1v) is 19.4. The molecule has 0 unspecified atom stereocenters. The summed E-state index contributed by atoms with van der Waals surface area (Å²) in [5.41, 5.74) is 16.2. The molecule has 0 atom stereocenters. The van der Waals surface area contributed by atoms with Crippen molar-refractivity contribution in [1.29, 1.82) is 0 Å². The first-order chi connectivity index (χ1) is 27.3. The van der Waals surface area contributed by atoms with Crippen molar-refractivity contribution >= 4 is 48.3 Å². The van der Waals surface area contributed by atoms with Crippen LogP contribution in [0.1, 0.15) is 0 Å². The summed E-state index contributed by atoms with van der Waals surface area (Å²) in [5, 5.41) is 2.44. The zero-order chi connectivity index (χ0) is 36.3. The number of hydrogen-bond donors (Lipinski definition) is 0. The van der Waals surface area contributed by atoms with Gasteiger partial charge in [0.05, 0.1) is 32.6 Å². The van der Waals surface area contributed by atoms with Crippen LogP contribution in [0.4, 0.5) is 0 Å². The average Bonchev–Trinajstić information content (AvgIpc) is 3.92. The molecule has 258 valence electrons. The predicted molar refractivity (Wildman–Crippen MR) is 232 cm³/mol. The van der Waals surface area contributed by atoms with Crippen LogP contribution in [0, 0.1) is 0 Å². The number of fused-ring (bicyclic) bond motifs is 6. The van der Waals surface area contributed by atoms with Gasteiger partial charge in [-0.1, -0.05) is 169 Å². The second kappa shape index (κ2) is 12.8. The fourth-order valence-corrected chi connectivity index (χ4v) is 9.13. The number of thiazole rings is 1. The molecule has 0 spiro atoms. The van der Waals surface area contributed by atoms with E-state index in [1.165, 1.54) is 59.9 Å². The van der Waals surface area contributed by atoms with Crippen LogP contribution in [0.15, 0.2) is 200 Å². The fourth-order valence-electron chi connectivity index (χ4n) is 8.13. The van der Waals surface area contributed by atoms with Gasteiger partial charge in [0.2, 0.25) is 0 Å². The molecule has 55 heavy (non-hydrogen) atoms. The smallest absolute Gasteiger partial charge is 0.195 e. The molecule has 0 saturated carbocycles. The Kier molecular flexibility index (Phi) is 7.35. The lowest BCUT2D eigenvalue weighted by atomic mass is 9.99. The summed E-state index contributed by atoms with van der Waals surface area (Å²) in [6.07, 6.45) is 0. The molecule has 11 aromatic rings. The Balaban J connectivity index is 1.11. The molecule has 0 amide bonds. The highest BCUT2D eigenvalue weighted by Gasteiger charge is 2.22. The summed E-state index contributed by atoms with van der Waals surface area (Å²) in [6.45, 7) is 0. The van der Waals surface area contributed by atoms with E-state index in [-0.39, 0.29) is 0 Å². The van der Waals surface area contributed by atoms with Crippen molar-refractivity contribution in [3.05, 3.63) is 200 Å².